The van der Waals surface area contributed by atoms with E-state index in [9.17, 15) is 9.59 Å². The molecule has 0 bridgehead atoms. The number of hydrogen-bond donors (Lipinski definition) is 2. The van der Waals surface area contributed by atoms with E-state index in [0.717, 1.165) is 11.3 Å². The maximum Gasteiger partial charge on any atom is 0.252 e. The average Bonchev–Trinajstić information content (AvgIpc) is 2.67. The quantitative estimate of drug-likeness (QED) is 0.724. The molecule has 0 aliphatic rings. The first-order valence-corrected chi connectivity index (χ1v) is 8.59. The van der Waals surface area contributed by atoms with Crippen molar-refractivity contribution >= 4 is 28.4 Å². The monoisotopic (exact) mass is 363 g/mol. The Morgan fingerprint density at radius 2 is 1.81 bits per heavy atom. The molecule has 6 heteroatoms. The number of nitrogens with one attached hydrogen (secondary N) is 2. The van der Waals surface area contributed by atoms with Crippen molar-refractivity contribution in [1.29, 1.82) is 0 Å². The van der Waals surface area contributed by atoms with Crippen LogP contribution in [0, 0.1) is 0 Å². The van der Waals surface area contributed by atoms with Crippen molar-refractivity contribution in [3.63, 3.8) is 0 Å². The number of aromatic nitrogens is 1. The predicted octanol–water partition coefficient (Wildman–Crippen LogP) is 3.69. The van der Waals surface area contributed by atoms with Gasteiger partial charge >= 0.3 is 0 Å². The molecule has 0 spiro atoms. The van der Waals surface area contributed by atoms with Crippen LogP contribution in [0.1, 0.15) is 35.8 Å². The van der Waals surface area contributed by atoms with Gasteiger partial charge in [0.05, 0.1) is 29.9 Å². The Morgan fingerprint density at radius 3 is 2.48 bits per heavy atom. The number of carbonyl (C=O) groups is 2. The zero-order chi connectivity index (χ0) is 19.4. The van der Waals surface area contributed by atoms with Crippen molar-refractivity contribution in [3.05, 3.63) is 65.9 Å². The van der Waals surface area contributed by atoms with E-state index in [2.05, 4.69) is 15.6 Å². The van der Waals surface area contributed by atoms with E-state index < -0.39 is 0 Å². The Bertz CT molecular complexity index is 984. The molecule has 0 radical (unpaired) electrons. The molecule has 0 fully saturated rings. The minimum atomic E-state index is -0.203. The molecule has 3 rings (SSSR count). The largest absolute Gasteiger partial charge is 0.497 e. The van der Waals surface area contributed by atoms with Crippen LogP contribution in [-0.2, 0) is 4.79 Å². The summed E-state index contributed by atoms with van der Waals surface area (Å²) >= 11 is 0. The molecular formula is C21H21N3O3. The van der Waals surface area contributed by atoms with Crippen molar-refractivity contribution in [2.75, 3.05) is 12.4 Å². The van der Waals surface area contributed by atoms with Crippen molar-refractivity contribution in [2.45, 2.75) is 19.9 Å². The molecule has 2 aromatic carbocycles. The lowest BCUT2D eigenvalue weighted by Crippen LogP contribution is -2.26. The minimum Gasteiger partial charge on any atom is -0.497 e. The number of methoxy groups -OCH3 is 1. The van der Waals surface area contributed by atoms with Crippen LogP contribution in [0.3, 0.4) is 0 Å². The highest BCUT2D eigenvalue weighted by Crippen LogP contribution is 2.25. The Balaban J connectivity index is 1.87. The molecule has 0 saturated heterocycles. The van der Waals surface area contributed by atoms with Gasteiger partial charge in [-0.15, -0.1) is 0 Å². The number of pyridine rings is 1. The standard InChI is InChI=1S/C21H21N3O3/c1-13(15-7-9-16(27-3)10-8-15)23-21(26)18-11-12-22-20-17(18)5-4-6-19(20)24-14(2)25/h4-13H,1-3H3,(H,23,26)(H,24,25)/t13-/m1/s1. The molecule has 1 aromatic heterocycles. The van der Waals surface area contributed by atoms with Crippen LogP contribution in [-0.4, -0.2) is 23.9 Å². The SMILES string of the molecule is COc1ccc([C@@H](C)NC(=O)c2ccnc3c(NC(C)=O)cccc23)cc1. The molecule has 138 valence electrons. The lowest BCUT2D eigenvalue weighted by atomic mass is 10.1. The van der Waals surface area contributed by atoms with Crippen molar-refractivity contribution in [2.24, 2.45) is 0 Å². The number of ether oxygens (including phenoxy) is 1. The third kappa shape index (κ3) is 4.06. The van der Waals surface area contributed by atoms with Gasteiger partial charge in [-0.2, -0.15) is 0 Å². The second kappa shape index (κ2) is 7.86. The van der Waals surface area contributed by atoms with E-state index in [1.54, 1.807) is 31.5 Å². The maximum atomic E-state index is 12.8. The Hall–Kier alpha value is -3.41. The van der Waals surface area contributed by atoms with Gasteiger partial charge in [0.15, 0.2) is 0 Å². The van der Waals surface area contributed by atoms with Crippen LogP contribution >= 0.6 is 0 Å². The number of benzene rings is 2. The number of carbonyl (C=O) groups excluding carboxylic acids is 2. The third-order valence-electron chi connectivity index (χ3n) is 4.29. The summed E-state index contributed by atoms with van der Waals surface area (Å²) in [7, 11) is 1.62. The van der Waals surface area contributed by atoms with Crippen molar-refractivity contribution < 1.29 is 14.3 Å². The molecule has 0 saturated carbocycles. The van der Waals surface area contributed by atoms with E-state index in [0.29, 0.717) is 22.2 Å². The number of para-hydroxylation sites is 1. The van der Waals surface area contributed by atoms with Gasteiger partial charge in [-0.3, -0.25) is 14.6 Å². The third-order valence-corrected chi connectivity index (χ3v) is 4.29. The first-order valence-electron chi connectivity index (χ1n) is 8.59. The van der Waals surface area contributed by atoms with Gasteiger partial charge in [0, 0.05) is 18.5 Å². The number of amides is 2. The van der Waals surface area contributed by atoms with Gasteiger partial charge in [-0.05, 0) is 36.8 Å². The molecule has 2 amide bonds. The summed E-state index contributed by atoms with van der Waals surface area (Å²) in [5, 5.41) is 6.44. The average molecular weight is 363 g/mol. The fourth-order valence-electron chi connectivity index (χ4n) is 2.91. The van der Waals surface area contributed by atoms with E-state index >= 15 is 0 Å². The first kappa shape index (κ1) is 18.4. The summed E-state index contributed by atoms with van der Waals surface area (Å²) in [5.74, 6) is 0.376. The van der Waals surface area contributed by atoms with Crippen LogP contribution in [0.4, 0.5) is 5.69 Å². The Labute approximate surface area is 157 Å². The highest BCUT2D eigenvalue weighted by Gasteiger charge is 2.16. The number of nitrogens with zero attached hydrogens (tertiary/aromatic N) is 1. The molecule has 1 atom stereocenters. The Morgan fingerprint density at radius 1 is 1.07 bits per heavy atom. The second-order valence-electron chi connectivity index (χ2n) is 6.21. The fourth-order valence-corrected chi connectivity index (χ4v) is 2.91. The van der Waals surface area contributed by atoms with Crippen LogP contribution in [0.5, 0.6) is 5.75 Å². The predicted molar refractivity (Wildman–Crippen MR) is 105 cm³/mol. The van der Waals surface area contributed by atoms with Crippen LogP contribution < -0.4 is 15.4 Å². The zero-order valence-electron chi connectivity index (χ0n) is 15.4. The molecule has 1 heterocycles. The number of fused-ring (bicyclic) bond motifs is 1. The van der Waals surface area contributed by atoms with E-state index in [4.69, 9.17) is 4.74 Å². The summed E-state index contributed by atoms with van der Waals surface area (Å²) in [6, 6.07) is 14.4. The molecule has 0 aliphatic carbocycles. The topological polar surface area (TPSA) is 80.3 Å². The molecule has 6 nitrogen and oxygen atoms in total. The smallest absolute Gasteiger partial charge is 0.252 e. The summed E-state index contributed by atoms with van der Waals surface area (Å²) in [4.78, 5) is 28.6. The Kier molecular flexibility index (Phi) is 5.35. The van der Waals surface area contributed by atoms with Gasteiger partial charge in [-0.1, -0.05) is 24.3 Å². The summed E-state index contributed by atoms with van der Waals surface area (Å²) < 4.78 is 5.16. The molecular weight excluding hydrogens is 342 g/mol. The summed E-state index contributed by atoms with van der Waals surface area (Å²) in [5.41, 5.74) is 2.64. The van der Waals surface area contributed by atoms with Crippen LogP contribution in [0.2, 0.25) is 0 Å². The molecule has 3 aromatic rings. The van der Waals surface area contributed by atoms with E-state index in [-0.39, 0.29) is 17.9 Å². The van der Waals surface area contributed by atoms with Crippen molar-refractivity contribution in [1.82, 2.24) is 10.3 Å². The van der Waals surface area contributed by atoms with Gasteiger partial charge in [0.25, 0.3) is 5.91 Å². The van der Waals surface area contributed by atoms with Gasteiger partial charge in [0.2, 0.25) is 5.91 Å². The number of anilines is 1. The molecule has 0 unspecified atom stereocenters. The van der Waals surface area contributed by atoms with Crippen LogP contribution in [0.25, 0.3) is 10.9 Å². The minimum absolute atomic E-state index is 0.176. The lowest BCUT2D eigenvalue weighted by molar-refractivity contribution is -0.114. The number of rotatable bonds is 5. The maximum absolute atomic E-state index is 12.8. The molecule has 27 heavy (non-hydrogen) atoms. The number of hydrogen-bond acceptors (Lipinski definition) is 4. The second-order valence-corrected chi connectivity index (χ2v) is 6.21. The van der Waals surface area contributed by atoms with Gasteiger partial charge in [0.1, 0.15) is 5.75 Å². The summed E-state index contributed by atoms with van der Waals surface area (Å²) in [6.07, 6.45) is 1.57. The summed E-state index contributed by atoms with van der Waals surface area (Å²) in [6.45, 7) is 3.36. The van der Waals surface area contributed by atoms with E-state index in [1.807, 2.05) is 37.3 Å². The first-order chi connectivity index (χ1) is 13.0. The highest BCUT2D eigenvalue weighted by molar-refractivity contribution is 6.10. The molecule has 0 aliphatic heterocycles. The highest BCUT2D eigenvalue weighted by atomic mass is 16.5. The fraction of sp³-hybridized carbons (Fsp3) is 0.190. The lowest BCUT2D eigenvalue weighted by Gasteiger charge is -2.16. The normalized spacial score (nSPS) is 11.7. The van der Waals surface area contributed by atoms with Gasteiger partial charge in [-0.25, -0.2) is 0 Å². The zero-order valence-corrected chi connectivity index (χ0v) is 15.4. The van der Waals surface area contributed by atoms with Gasteiger partial charge < -0.3 is 15.4 Å². The van der Waals surface area contributed by atoms with E-state index in [1.165, 1.54) is 6.92 Å². The van der Waals surface area contributed by atoms with Crippen LogP contribution in [0.15, 0.2) is 54.7 Å². The van der Waals surface area contributed by atoms with Crippen molar-refractivity contribution in [3.8, 4) is 5.75 Å². The molecule has 2 N–H and O–H groups in total.